The van der Waals surface area contributed by atoms with Crippen LogP contribution in [0.4, 0.5) is 0 Å². The maximum absolute atomic E-state index is 11.3. The predicted octanol–water partition coefficient (Wildman–Crippen LogP) is 2.53. The Morgan fingerprint density at radius 3 is 2.64 bits per heavy atom. The fourth-order valence-corrected chi connectivity index (χ4v) is 1.40. The Hall–Kier alpha value is -1.31. The summed E-state index contributed by atoms with van der Waals surface area (Å²) in [4.78, 5) is 11.3. The summed E-state index contributed by atoms with van der Waals surface area (Å²) in [5, 5.41) is 0. The minimum absolute atomic E-state index is 0.262. The largest absolute Gasteiger partial charge is 0.497 e. The van der Waals surface area contributed by atoms with Crippen molar-refractivity contribution in [2.75, 3.05) is 7.11 Å². The molecule has 0 N–H and O–H groups in total. The van der Waals surface area contributed by atoms with E-state index in [0.29, 0.717) is 12.8 Å². The molecular formula is C12H16O2. The lowest BCUT2D eigenvalue weighted by Crippen LogP contribution is -2.00. The van der Waals surface area contributed by atoms with Gasteiger partial charge in [0.15, 0.2) is 0 Å². The van der Waals surface area contributed by atoms with Crippen molar-refractivity contribution in [1.29, 1.82) is 0 Å². The lowest BCUT2D eigenvalue weighted by molar-refractivity contribution is -0.118. The van der Waals surface area contributed by atoms with Gasteiger partial charge in [-0.25, -0.2) is 0 Å². The van der Waals surface area contributed by atoms with Crippen molar-refractivity contribution in [3.05, 3.63) is 29.3 Å². The normalized spacial score (nSPS) is 9.93. The molecule has 0 amide bonds. The van der Waals surface area contributed by atoms with Crippen LogP contribution in [-0.4, -0.2) is 12.9 Å². The first-order chi connectivity index (χ1) is 6.65. The van der Waals surface area contributed by atoms with Crippen molar-refractivity contribution < 1.29 is 9.53 Å². The van der Waals surface area contributed by atoms with Gasteiger partial charge in [0.2, 0.25) is 0 Å². The van der Waals surface area contributed by atoms with Crippen LogP contribution in [0.1, 0.15) is 24.5 Å². The fourth-order valence-electron chi connectivity index (χ4n) is 1.40. The molecule has 1 rings (SSSR count). The highest BCUT2D eigenvalue weighted by atomic mass is 16.5. The Kier molecular flexibility index (Phi) is 3.69. The van der Waals surface area contributed by atoms with Crippen LogP contribution >= 0.6 is 0 Å². The third kappa shape index (κ3) is 2.87. The first-order valence-electron chi connectivity index (χ1n) is 4.82. The maximum atomic E-state index is 11.3. The smallest absolute Gasteiger partial charge is 0.136 e. The molecule has 1 aromatic carbocycles. The van der Waals surface area contributed by atoms with Gasteiger partial charge in [-0.1, -0.05) is 13.0 Å². The molecule has 0 aliphatic rings. The van der Waals surface area contributed by atoms with E-state index in [4.69, 9.17) is 4.74 Å². The number of ether oxygens (including phenoxy) is 1. The number of Topliss-reactive ketones (excluding diaryl/α,β-unsaturated/α-hetero) is 1. The van der Waals surface area contributed by atoms with Crippen LogP contribution in [0, 0.1) is 6.92 Å². The van der Waals surface area contributed by atoms with E-state index in [0.717, 1.165) is 16.9 Å². The SMILES string of the molecule is CCC(=O)Cc1cc(C)cc(OC)c1. The number of hydrogen-bond donors (Lipinski definition) is 0. The molecule has 76 valence electrons. The third-order valence-electron chi connectivity index (χ3n) is 2.14. The van der Waals surface area contributed by atoms with E-state index in [1.54, 1.807) is 7.11 Å². The zero-order chi connectivity index (χ0) is 10.6. The van der Waals surface area contributed by atoms with E-state index in [-0.39, 0.29) is 5.78 Å². The van der Waals surface area contributed by atoms with Crippen LogP contribution in [0.5, 0.6) is 5.75 Å². The summed E-state index contributed by atoms with van der Waals surface area (Å²) in [6.07, 6.45) is 1.10. The highest BCUT2D eigenvalue weighted by molar-refractivity contribution is 5.80. The van der Waals surface area contributed by atoms with E-state index < -0.39 is 0 Å². The Balaban J connectivity index is 2.86. The molecule has 0 radical (unpaired) electrons. The third-order valence-corrected chi connectivity index (χ3v) is 2.14. The molecule has 0 bridgehead atoms. The number of carbonyl (C=O) groups excluding carboxylic acids is 1. The molecule has 0 saturated heterocycles. The zero-order valence-electron chi connectivity index (χ0n) is 8.96. The Labute approximate surface area is 84.9 Å². The van der Waals surface area contributed by atoms with Crippen LogP contribution in [0.3, 0.4) is 0 Å². The average Bonchev–Trinajstić information content (AvgIpc) is 2.16. The van der Waals surface area contributed by atoms with Gasteiger partial charge in [0, 0.05) is 12.8 Å². The van der Waals surface area contributed by atoms with Gasteiger partial charge in [0.25, 0.3) is 0 Å². The van der Waals surface area contributed by atoms with Crippen LogP contribution in [0.25, 0.3) is 0 Å². The molecule has 0 spiro atoms. The summed E-state index contributed by atoms with van der Waals surface area (Å²) in [5.74, 6) is 1.08. The average molecular weight is 192 g/mol. The maximum Gasteiger partial charge on any atom is 0.136 e. The van der Waals surface area contributed by atoms with Gasteiger partial charge < -0.3 is 4.74 Å². The molecule has 0 unspecified atom stereocenters. The molecule has 0 aliphatic heterocycles. The number of carbonyl (C=O) groups is 1. The first kappa shape index (κ1) is 10.8. The summed E-state index contributed by atoms with van der Waals surface area (Å²) in [6, 6.07) is 5.90. The second-order valence-electron chi connectivity index (χ2n) is 3.43. The van der Waals surface area contributed by atoms with Crippen LogP contribution < -0.4 is 4.74 Å². The van der Waals surface area contributed by atoms with Crippen LogP contribution in [0.15, 0.2) is 18.2 Å². The molecular weight excluding hydrogens is 176 g/mol. The number of ketones is 1. The lowest BCUT2D eigenvalue weighted by atomic mass is 10.0. The quantitative estimate of drug-likeness (QED) is 0.732. The van der Waals surface area contributed by atoms with Gasteiger partial charge in [0.05, 0.1) is 7.11 Å². The van der Waals surface area contributed by atoms with Crippen molar-refractivity contribution in [2.45, 2.75) is 26.7 Å². The first-order valence-corrected chi connectivity index (χ1v) is 4.82. The number of rotatable bonds is 4. The van der Waals surface area contributed by atoms with Crippen LogP contribution in [-0.2, 0) is 11.2 Å². The Morgan fingerprint density at radius 2 is 2.07 bits per heavy atom. The van der Waals surface area contributed by atoms with Crippen molar-refractivity contribution in [3.63, 3.8) is 0 Å². The van der Waals surface area contributed by atoms with Crippen molar-refractivity contribution in [1.82, 2.24) is 0 Å². The molecule has 0 atom stereocenters. The van der Waals surface area contributed by atoms with Crippen molar-refractivity contribution in [2.24, 2.45) is 0 Å². The Morgan fingerprint density at radius 1 is 1.36 bits per heavy atom. The van der Waals surface area contributed by atoms with E-state index >= 15 is 0 Å². The summed E-state index contributed by atoms with van der Waals surface area (Å²) in [7, 11) is 1.64. The van der Waals surface area contributed by atoms with E-state index in [9.17, 15) is 4.79 Å². The highest BCUT2D eigenvalue weighted by Gasteiger charge is 2.03. The molecule has 0 aliphatic carbocycles. The van der Waals surface area contributed by atoms with Gasteiger partial charge in [-0.05, 0) is 30.2 Å². The highest BCUT2D eigenvalue weighted by Crippen LogP contribution is 2.17. The summed E-state index contributed by atoms with van der Waals surface area (Å²) < 4.78 is 5.14. The number of methoxy groups -OCH3 is 1. The van der Waals surface area contributed by atoms with Gasteiger partial charge in [0.1, 0.15) is 11.5 Å². The lowest BCUT2D eigenvalue weighted by Gasteiger charge is -2.05. The topological polar surface area (TPSA) is 26.3 Å². The molecule has 2 nitrogen and oxygen atoms in total. The molecule has 2 heteroatoms. The van der Waals surface area contributed by atoms with Gasteiger partial charge in [-0.2, -0.15) is 0 Å². The van der Waals surface area contributed by atoms with E-state index in [1.165, 1.54) is 0 Å². The van der Waals surface area contributed by atoms with Crippen molar-refractivity contribution >= 4 is 5.78 Å². The molecule has 1 aromatic rings. The molecule has 0 fully saturated rings. The van der Waals surface area contributed by atoms with Gasteiger partial charge in [-0.15, -0.1) is 0 Å². The van der Waals surface area contributed by atoms with E-state index in [1.807, 2.05) is 32.0 Å². The molecule has 14 heavy (non-hydrogen) atoms. The number of benzene rings is 1. The second-order valence-corrected chi connectivity index (χ2v) is 3.43. The number of aryl methyl sites for hydroxylation is 1. The minimum Gasteiger partial charge on any atom is -0.497 e. The zero-order valence-corrected chi connectivity index (χ0v) is 8.96. The standard InChI is InChI=1S/C12H16O2/c1-4-11(13)7-10-5-9(2)6-12(8-10)14-3/h5-6,8H,4,7H2,1-3H3. The van der Waals surface area contributed by atoms with E-state index in [2.05, 4.69) is 0 Å². The summed E-state index contributed by atoms with van der Waals surface area (Å²) >= 11 is 0. The van der Waals surface area contributed by atoms with Gasteiger partial charge >= 0.3 is 0 Å². The van der Waals surface area contributed by atoms with Gasteiger partial charge in [-0.3, -0.25) is 4.79 Å². The van der Waals surface area contributed by atoms with Crippen LogP contribution in [0.2, 0.25) is 0 Å². The molecule has 0 saturated carbocycles. The summed E-state index contributed by atoms with van der Waals surface area (Å²) in [5.41, 5.74) is 2.16. The monoisotopic (exact) mass is 192 g/mol. The minimum atomic E-state index is 0.262. The van der Waals surface area contributed by atoms with Crippen molar-refractivity contribution in [3.8, 4) is 5.75 Å². The summed E-state index contributed by atoms with van der Waals surface area (Å²) in [6.45, 7) is 3.89. The molecule has 0 aromatic heterocycles. The second kappa shape index (κ2) is 4.80. The predicted molar refractivity (Wildman–Crippen MR) is 56.7 cm³/mol. The Bertz CT molecular complexity index is 329. The fraction of sp³-hybridized carbons (Fsp3) is 0.417. The molecule has 0 heterocycles. The number of hydrogen-bond acceptors (Lipinski definition) is 2.